The number of nitrogens with zero attached hydrogens (tertiary/aromatic N) is 3. The number of fused-ring (bicyclic) bond motifs is 1. The molecular weight excluding hydrogens is 442 g/mol. The normalized spacial score (nSPS) is 10.5. The number of carbonyl (C=O) groups is 1. The van der Waals surface area contributed by atoms with Crippen molar-refractivity contribution in [1.82, 2.24) is 14.4 Å². The van der Waals surface area contributed by atoms with Crippen molar-refractivity contribution in [2.24, 2.45) is 0 Å². The number of nitrogens with one attached hydrogen (secondary N) is 2. The van der Waals surface area contributed by atoms with Gasteiger partial charge in [0.05, 0.1) is 11.4 Å². The van der Waals surface area contributed by atoms with E-state index in [9.17, 15) is 4.79 Å². The topological polar surface area (TPSA) is 71.3 Å². The van der Waals surface area contributed by atoms with E-state index in [1.54, 1.807) is 6.07 Å². The highest BCUT2D eigenvalue weighted by molar-refractivity contribution is 7.14. The molecule has 0 saturated heterocycles. The van der Waals surface area contributed by atoms with Gasteiger partial charge in [0.25, 0.3) is 5.91 Å². The number of carbonyl (C=O) groups excluding carboxylic acids is 1. The molecule has 1 amide bonds. The van der Waals surface area contributed by atoms with E-state index in [-0.39, 0.29) is 8.76 Å². The van der Waals surface area contributed by atoms with Crippen LogP contribution in [0.25, 0.3) is 17.0 Å². The van der Waals surface area contributed by atoms with Crippen LogP contribution in [0.2, 0.25) is 0 Å². The molecule has 5 aromatic rings. The molecule has 0 saturated carbocycles. The average molecular weight is 474 g/mol. The van der Waals surface area contributed by atoms with Crippen LogP contribution in [-0.4, -0.2) is 20.3 Å². The van der Waals surface area contributed by atoms with Gasteiger partial charge in [-0.05, 0) is 55.8 Å². The lowest BCUT2D eigenvalue weighted by molar-refractivity contribution is 0.102. The Balaban J connectivity index is 0.00000111. The van der Waals surface area contributed by atoms with Crippen molar-refractivity contribution in [3.8, 4) is 11.4 Å². The number of thiazole rings is 1. The van der Waals surface area contributed by atoms with Gasteiger partial charge in [-0.15, -0.1) is 11.3 Å². The summed E-state index contributed by atoms with van der Waals surface area (Å²) in [7, 11) is 0. The Morgan fingerprint density at radius 2 is 1.76 bits per heavy atom. The first-order chi connectivity index (χ1) is 16.6. The number of hydrogen-bond donors (Lipinski definition) is 2. The molecule has 0 fully saturated rings. The van der Waals surface area contributed by atoms with Gasteiger partial charge in [0, 0.05) is 31.4 Å². The van der Waals surface area contributed by atoms with Gasteiger partial charge in [-0.2, -0.15) is 0 Å². The molecule has 5 rings (SSSR count). The van der Waals surface area contributed by atoms with E-state index in [0.717, 1.165) is 44.8 Å². The lowest BCUT2D eigenvalue weighted by atomic mass is 10.1. The highest BCUT2D eigenvalue weighted by Gasteiger charge is 2.14. The Kier molecular flexibility index (Phi) is 7.04. The predicted octanol–water partition coefficient (Wildman–Crippen LogP) is 7.59. The van der Waals surface area contributed by atoms with E-state index < -0.39 is 0 Å². The zero-order valence-electron chi connectivity index (χ0n) is 19.7. The summed E-state index contributed by atoms with van der Waals surface area (Å²) in [6.45, 7) is 7.96. The second-order valence-corrected chi connectivity index (χ2v) is 8.35. The van der Waals surface area contributed by atoms with E-state index in [4.69, 9.17) is 4.98 Å². The molecule has 0 bridgehead atoms. The molecule has 2 N–H and O–H groups in total. The van der Waals surface area contributed by atoms with Crippen molar-refractivity contribution in [2.75, 3.05) is 10.6 Å². The van der Waals surface area contributed by atoms with E-state index >= 15 is 0 Å². The summed E-state index contributed by atoms with van der Waals surface area (Å²) < 4.78 is 2.05. The summed E-state index contributed by atoms with van der Waals surface area (Å²) in [5, 5.41) is 9.06. The van der Waals surface area contributed by atoms with Crippen molar-refractivity contribution in [2.45, 2.75) is 27.7 Å². The molecule has 34 heavy (non-hydrogen) atoms. The van der Waals surface area contributed by atoms with Gasteiger partial charge in [-0.1, -0.05) is 44.2 Å². The summed E-state index contributed by atoms with van der Waals surface area (Å²) in [6, 6.07) is 21.1. The SMILES string of the molecule is CC.Cc1ccccc1NC(=O)c1cccc(Nc2nc(-c3c(C)nc4ccccn34)cs2)c1.[HH].[HH]. The number of aromatic nitrogens is 3. The molecule has 6 nitrogen and oxygen atoms in total. The standard InChI is InChI=1S/C25H21N5OS.C2H6.2H2/c1-16-8-3-4-11-20(16)28-24(31)18-9-7-10-19(14-18)27-25-29-21(15-32-25)23-17(2)26-22-12-5-6-13-30(22)23;1-2;;/h3-15H,1-2H3,(H,27,29)(H,28,31);1-2H3;2*1H. The molecule has 0 spiro atoms. The molecule has 0 radical (unpaired) electrons. The number of aryl methyl sites for hydroxylation is 2. The maximum atomic E-state index is 12.7. The van der Waals surface area contributed by atoms with Crippen molar-refractivity contribution in [3.05, 3.63) is 95.1 Å². The summed E-state index contributed by atoms with van der Waals surface area (Å²) in [5.74, 6) is -0.149. The molecule has 0 aliphatic rings. The number of rotatable bonds is 5. The second kappa shape index (κ2) is 10.3. The quantitative estimate of drug-likeness (QED) is 0.276. The van der Waals surface area contributed by atoms with Crippen LogP contribution in [0.4, 0.5) is 16.5 Å². The minimum Gasteiger partial charge on any atom is -0.332 e. The fourth-order valence-electron chi connectivity index (χ4n) is 3.63. The molecule has 0 unspecified atom stereocenters. The third-order valence-corrected chi connectivity index (χ3v) is 5.98. The van der Waals surface area contributed by atoms with E-state index in [1.165, 1.54) is 11.3 Å². The Labute approximate surface area is 206 Å². The van der Waals surface area contributed by atoms with Gasteiger partial charge in [0.15, 0.2) is 5.13 Å². The number of imidazole rings is 1. The van der Waals surface area contributed by atoms with E-state index in [2.05, 4.69) is 15.6 Å². The molecule has 3 heterocycles. The van der Waals surface area contributed by atoms with E-state index in [0.29, 0.717) is 5.56 Å². The second-order valence-electron chi connectivity index (χ2n) is 7.49. The highest BCUT2D eigenvalue weighted by Crippen LogP contribution is 2.30. The van der Waals surface area contributed by atoms with Crippen molar-refractivity contribution >= 4 is 39.4 Å². The van der Waals surface area contributed by atoms with Crippen molar-refractivity contribution in [1.29, 1.82) is 0 Å². The van der Waals surface area contributed by atoms with Crippen LogP contribution in [-0.2, 0) is 0 Å². The highest BCUT2D eigenvalue weighted by atomic mass is 32.1. The Morgan fingerprint density at radius 3 is 2.59 bits per heavy atom. The number of hydrogen-bond acceptors (Lipinski definition) is 5. The summed E-state index contributed by atoms with van der Waals surface area (Å²) in [6.07, 6.45) is 1.99. The van der Waals surface area contributed by atoms with Crippen LogP contribution in [0, 0.1) is 13.8 Å². The van der Waals surface area contributed by atoms with Gasteiger partial charge in [0.1, 0.15) is 11.3 Å². The fraction of sp³-hybridized carbons (Fsp3) is 0.148. The van der Waals surface area contributed by atoms with Crippen molar-refractivity contribution in [3.63, 3.8) is 0 Å². The zero-order valence-corrected chi connectivity index (χ0v) is 20.5. The zero-order chi connectivity index (χ0) is 24.1. The third-order valence-electron chi connectivity index (χ3n) is 5.22. The number of benzene rings is 2. The van der Waals surface area contributed by atoms with Gasteiger partial charge >= 0.3 is 0 Å². The summed E-state index contributed by atoms with van der Waals surface area (Å²) >= 11 is 1.51. The van der Waals surface area contributed by atoms with Crippen LogP contribution in [0.3, 0.4) is 0 Å². The minimum atomic E-state index is -0.149. The van der Waals surface area contributed by atoms with Crippen LogP contribution in [0.5, 0.6) is 0 Å². The number of anilines is 3. The molecule has 7 heteroatoms. The van der Waals surface area contributed by atoms with Gasteiger partial charge < -0.3 is 10.6 Å². The third kappa shape index (κ3) is 4.84. The maximum Gasteiger partial charge on any atom is 0.255 e. The average Bonchev–Trinajstić information content (AvgIpc) is 3.44. The minimum absolute atomic E-state index is 0. The van der Waals surface area contributed by atoms with Gasteiger partial charge in [-0.25, -0.2) is 9.97 Å². The number of amides is 1. The predicted molar refractivity (Wildman–Crippen MR) is 145 cm³/mol. The first-order valence-corrected chi connectivity index (χ1v) is 12.1. The van der Waals surface area contributed by atoms with Gasteiger partial charge in [-0.3, -0.25) is 9.20 Å². The molecule has 0 aliphatic carbocycles. The monoisotopic (exact) mass is 473 g/mol. The number of pyridine rings is 1. The largest absolute Gasteiger partial charge is 0.332 e. The Bertz CT molecular complexity index is 1450. The van der Waals surface area contributed by atoms with Crippen LogP contribution in [0.1, 0.15) is 38.3 Å². The fourth-order valence-corrected chi connectivity index (χ4v) is 4.35. The molecule has 2 aromatic carbocycles. The molecule has 0 aliphatic heterocycles. The first kappa shape index (κ1) is 23.2. The lowest BCUT2D eigenvalue weighted by Crippen LogP contribution is -2.12. The van der Waals surface area contributed by atoms with Gasteiger partial charge in [0.2, 0.25) is 0 Å². The van der Waals surface area contributed by atoms with E-state index in [1.807, 2.05) is 104 Å². The maximum absolute atomic E-state index is 12.7. The molecule has 0 atom stereocenters. The summed E-state index contributed by atoms with van der Waals surface area (Å²) in [4.78, 5) is 22.1. The molecule has 3 aromatic heterocycles. The summed E-state index contributed by atoms with van der Waals surface area (Å²) in [5.41, 5.74) is 6.89. The molecule has 176 valence electrons. The van der Waals surface area contributed by atoms with Crippen LogP contribution < -0.4 is 10.6 Å². The van der Waals surface area contributed by atoms with Crippen LogP contribution >= 0.6 is 11.3 Å². The molecular formula is C27H31N5OS. The first-order valence-electron chi connectivity index (χ1n) is 11.2. The van der Waals surface area contributed by atoms with Crippen LogP contribution in [0.15, 0.2) is 78.3 Å². The van der Waals surface area contributed by atoms with Crippen molar-refractivity contribution < 1.29 is 7.65 Å². The Morgan fingerprint density at radius 1 is 0.971 bits per heavy atom. The smallest absolute Gasteiger partial charge is 0.255 e. The lowest BCUT2D eigenvalue weighted by Gasteiger charge is -2.09. The Hall–Kier alpha value is -3.97. The number of para-hydroxylation sites is 1.